The summed E-state index contributed by atoms with van der Waals surface area (Å²) in [4.78, 5) is 37.3. The molecule has 2 fully saturated rings. The van der Waals surface area contributed by atoms with Gasteiger partial charge >= 0.3 is 18.5 Å². The molecule has 11 N–H and O–H groups in total. The van der Waals surface area contributed by atoms with Crippen LogP contribution in [0.5, 0.6) is 5.75 Å². The minimum absolute atomic E-state index is 0.0487. The quantitative estimate of drug-likeness (QED) is 0.0250. The molecule has 5 aromatic heterocycles. The number of aliphatic hydroxyl groups excluding tert-OH is 3. The highest BCUT2D eigenvalue weighted by Crippen LogP contribution is 2.36. The number of aryl methyl sites for hydroxylation is 2. The van der Waals surface area contributed by atoms with Crippen molar-refractivity contribution in [3.8, 4) is 30.0 Å². The van der Waals surface area contributed by atoms with Gasteiger partial charge < -0.3 is 62.4 Å². The fourth-order valence-electron chi connectivity index (χ4n) is 11.6. The van der Waals surface area contributed by atoms with E-state index in [0.29, 0.717) is 54.0 Å². The SMILES string of the molecule is CC(C)(O)CNc1nc(NCc2ccccc2C(F)(F)F)ncc1C#N.CC(C)Oc1ccccc1CNc1ncc(C#N)c(NC2CCC(O)CC2)n1.Cc1c(CO)cccc1Nc1nc(CCc2cnccc2C(F)(F)F)ncc1C#N.N#Cc1cnc(NCc2ccccc2C(F)(F)F)nc1NC1CCC(O)CC1. The summed E-state index contributed by atoms with van der Waals surface area (Å²) in [6.45, 7) is 9.27. The number of nitrogens with one attached hydrogen (secondary N) is 7. The van der Waals surface area contributed by atoms with Crippen LogP contribution in [0.1, 0.15) is 157 Å². The Kier molecular flexibility index (Phi) is 30.6. The molecule has 5 heterocycles. The van der Waals surface area contributed by atoms with Crippen LogP contribution in [0.2, 0.25) is 0 Å². The van der Waals surface area contributed by atoms with Crippen LogP contribution in [-0.2, 0) is 57.6 Å². The molecule has 0 spiro atoms. The van der Waals surface area contributed by atoms with E-state index in [1.165, 1.54) is 67.4 Å². The average Bonchev–Trinajstić information content (AvgIpc) is 0.830. The average molecular weight is 1550 g/mol. The molecule has 588 valence electrons. The monoisotopic (exact) mass is 1550 g/mol. The molecule has 4 aromatic carbocycles. The molecule has 112 heavy (non-hydrogen) atoms. The smallest absolute Gasteiger partial charge is 0.416 e. The van der Waals surface area contributed by atoms with Crippen molar-refractivity contribution < 1.29 is 64.7 Å². The summed E-state index contributed by atoms with van der Waals surface area (Å²) in [5, 5.41) is 96.7. The van der Waals surface area contributed by atoms with E-state index >= 15 is 0 Å². The molecule has 0 amide bonds. The molecule has 34 heteroatoms. The maximum Gasteiger partial charge on any atom is 0.416 e. The molecule has 0 bridgehead atoms. The fourth-order valence-corrected chi connectivity index (χ4v) is 11.6. The van der Waals surface area contributed by atoms with Crippen LogP contribution in [0, 0.1) is 52.2 Å². The Balaban J connectivity index is 0.000000188. The lowest BCUT2D eigenvalue weighted by atomic mass is 9.93. The van der Waals surface area contributed by atoms with Crippen LogP contribution in [0.25, 0.3) is 0 Å². The molecular weight excluding hydrogens is 1470 g/mol. The maximum atomic E-state index is 13.2. The molecule has 11 rings (SSSR count). The Morgan fingerprint density at radius 1 is 0.482 bits per heavy atom. The Morgan fingerprint density at radius 2 is 0.902 bits per heavy atom. The van der Waals surface area contributed by atoms with E-state index in [0.717, 1.165) is 85.4 Å². The topological polar surface area (TPSA) is 386 Å². The first-order valence-electron chi connectivity index (χ1n) is 35.5. The lowest BCUT2D eigenvalue weighted by molar-refractivity contribution is -0.139. The van der Waals surface area contributed by atoms with Crippen LogP contribution >= 0.6 is 0 Å². The maximum absolute atomic E-state index is 13.2. The molecule has 25 nitrogen and oxygen atoms in total. The number of rotatable bonds is 24. The molecule has 0 unspecified atom stereocenters. The minimum atomic E-state index is -4.47. The summed E-state index contributed by atoms with van der Waals surface area (Å²) in [6.07, 6.45) is 0.259. The minimum Gasteiger partial charge on any atom is -0.491 e. The second-order valence-corrected chi connectivity index (χ2v) is 26.9. The van der Waals surface area contributed by atoms with Crippen molar-refractivity contribution in [2.24, 2.45) is 0 Å². The van der Waals surface area contributed by atoms with E-state index in [4.69, 9.17) is 10.00 Å². The molecule has 2 aliphatic carbocycles. The summed E-state index contributed by atoms with van der Waals surface area (Å²) < 4.78 is 124. The first-order valence-corrected chi connectivity index (χ1v) is 35.5. The molecule has 2 saturated carbocycles. The molecule has 0 aliphatic heterocycles. The van der Waals surface area contributed by atoms with E-state index in [9.17, 15) is 75.7 Å². The highest BCUT2D eigenvalue weighted by molar-refractivity contribution is 5.66. The van der Waals surface area contributed by atoms with E-state index in [2.05, 4.69) is 88.1 Å². The van der Waals surface area contributed by atoms with E-state index in [1.54, 1.807) is 32.0 Å². The molecule has 2 aliphatic rings. The van der Waals surface area contributed by atoms with Gasteiger partial charge in [-0.2, -0.15) is 75.5 Å². The largest absolute Gasteiger partial charge is 0.491 e. The third kappa shape index (κ3) is 26.0. The zero-order chi connectivity index (χ0) is 81.2. The number of hydrogen-bond donors (Lipinski definition) is 11. The highest BCUT2D eigenvalue weighted by Gasteiger charge is 2.35. The number of hydrogen-bond acceptors (Lipinski definition) is 25. The number of pyridine rings is 1. The van der Waals surface area contributed by atoms with Crippen molar-refractivity contribution in [1.82, 2.24) is 44.9 Å². The van der Waals surface area contributed by atoms with Gasteiger partial charge in [-0.05, 0) is 151 Å². The lowest BCUT2D eigenvalue weighted by Gasteiger charge is -2.26. The first-order chi connectivity index (χ1) is 53.3. The molecular formula is C78H83F9N20O5. The number of benzene rings is 4. The van der Waals surface area contributed by atoms with Crippen LogP contribution in [0.4, 0.5) is 86.3 Å². The van der Waals surface area contributed by atoms with Gasteiger partial charge in [0, 0.05) is 68.3 Å². The van der Waals surface area contributed by atoms with E-state index in [1.807, 2.05) is 63.2 Å². The van der Waals surface area contributed by atoms with Gasteiger partial charge in [0.1, 0.15) is 75.6 Å². The summed E-state index contributed by atoms with van der Waals surface area (Å²) >= 11 is 0. The Labute approximate surface area is 640 Å². The zero-order valence-corrected chi connectivity index (χ0v) is 61.6. The molecule has 0 atom stereocenters. The van der Waals surface area contributed by atoms with Gasteiger partial charge in [0.25, 0.3) is 0 Å². The number of aromatic nitrogens is 9. The first kappa shape index (κ1) is 85.5. The van der Waals surface area contributed by atoms with Gasteiger partial charge in [0.2, 0.25) is 17.8 Å². The standard InChI is InChI=1S/C21H18F3N5O.C21H27N5O2.C19H20F3N5O.C17H18F3N5O/c1-13-15(12-30)3-2-4-18(13)28-20-16(9-25)11-27-19(29-20)6-5-14-10-26-8-7-17(14)21(22,23)24;1-14(2)28-19-6-4-3-5-15(19)12-23-21-24-13-16(11-22)20(26-21)25-17-7-9-18(27)10-8-17;20-19(21,22)16-4-2-1-3-12(16)10-24-18-25-11-13(9-23)17(27-18)26-14-5-7-15(28)8-6-14;1-16(2,26)10-24-14-12(7-21)9-23-15(25-14)22-8-11-5-3-4-6-13(11)17(18,19)20/h2-4,7-8,10-11,30H,5-6,12H2,1H3,(H,27,28,29);3-6,13-14,17-18,27H,7-10,12H2,1-2H3,(H2,23,24,25,26);1-4,11,14-15,28H,5-8,10H2,(H2,24,25,26,27);3-6,9,26H,8,10H2,1-2H3,(H2,22,23,24,25). The number of aliphatic hydroxyl groups is 4. The zero-order valence-electron chi connectivity index (χ0n) is 61.6. The summed E-state index contributed by atoms with van der Waals surface area (Å²) in [6, 6.07) is 33.0. The molecule has 9 aromatic rings. The number of para-hydroxylation sites is 1. The van der Waals surface area contributed by atoms with E-state index < -0.39 is 40.8 Å². The Hall–Kier alpha value is -12.1. The van der Waals surface area contributed by atoms with Gasteiger partial charge in [-0.1, -0.05) is 66.7 Å². The Morgan fingerprint density at radius 3 is 1.37 bits per heavy atom. The van der Waals surface area contributed by atoms with Crippen molar-refractivity contribution in [3.63, 3.8) is 0 Å². The van der Waals surface area contributed by atoms with Crippen molar-refractivity contribution in [3.05, 3.63) is 212 Å². The number of anilines is 8. The van der Waals surface area contributed by atoms with Crippen molar-refractivity contribution >= 4 is 46.8 Å². The predicted octanol–water partition coefficient (Wildman–Crippen LogP) is 14.4. The predicted molar refractivity (Wildman–Crippen MR) is 400 cm³/mol. The van der Waals surface area contributed by atoms with Crippen molar-refractivity contribution in [1.29, 1.82) is 21.0 Å². The summed E-state index contributed by atoms with van der Waals surface area (Å²) in [5.74, 6) is 3.10. The number of nitrogens with zero attached hydrogens (tertiary/aromatic N) is 13. The highest BCUT2D eigenvalue weighted by atomic mass is 19.4. The van der Waals surface area contributed by atoms with Gasteiger partial charge in [-0.3, -0.25) is 4.98 Å². The normalized spacial score (nSPS) is 15.4. The Bertz CT molecular complexity index is 4770. The number of ether oxygens (including phenoxy) is 1. The summed E-state index contributed by atoms with van der Waals surface area (Å²) in [7, 11) is 0. The summed E-state index contributed by atoms with van der Waals surface area (Å²) in [5.41, 5.74) is 1.21. The van der Waals surface area contributed by atoms with Crippen molar-refractivity contribution in [2.75, 3.05) is 43.8 Å². The van der Waals surface area contributed by atoms with Crippen LogP contribution < -0.4 is 42.0 Å². The van der Waals surface area contributed by atoms with Gasteiger partial charge in [0.15, 0.2) is 5.82 Å². The number of alkyl halides is 9. The number of halogens is 9. The van der Waals surface area contributed by atoms with Crippen LogP contribution in [0.3, 0.4) is 0 Å². The third-order valence-corrected chi connectivity index (χ3v) is 17.4. The molecule has 0 saturated heterocycles. The number of nitriles is 4. The third-order valence-electron chi connectivity index (χ3n) is 17.4. The van der Waals surface area contributed by atoms with Crippen LogP contribution in [-0.4, -0.2) is 108 Å². The molecule has 0 radical (unpaired) electrons. The fraction of sp³-hybridized carbons (Fsp3) is 0.372. The van der Waals surface area contributed by atoms with Crippen LogP contribution in [0.15, 0.2) is 134 Å². The second-order valence-electron chi connectivity index (χ2n) is 26.9. The van der Waals surface area contributed by atoms with Gasteiger partial charge in [-0.15, -0.1) is 0 Å². The van der Waals surface area contributed by atoms with Gasteiger partial charge in [0.05, 0.1) is 72.0 Å². The van der Waals surface area contributed by atoms with E-state index in [-0.39, 0.29) is 126 Å². The lowest BCUT2D eigenvalue weighted by Crippen LogP contribution is -2.30. The van der Waals surface area contributed by atoms with Gasteiger partial charge in [-0.25, -0.2) is 24.9 Å². The van der Waals surface area contributed by atoms with Crippen molar-refractivity contribution in [2.45, 2.75) is 180 Å². The second kappa shape index (κ2) is 40.0.